The molecule has 0 unspecified atom stereocenters. The Balaban J connectivity index is 2.11. The van der Waals surface area contributed by atoms with Gasteiger partial charge in [-0.15, -0.1) is 0 Å². The Labute approximate surface area is 96.6 Å². The Morgan fingerprint density at radius 3 is 3.25 bits per heavy atom. The number of rotatable bonds is 3. The minimum absolute atomic E-state index is 0.849. The fourth-order valence-electron chi connectivity index (χ4n) is 1.85. The SMILES string of the molecule is CNCCC1=CN(C)CC2=C(NCC=C2)O1. The van der Waals surface area contributed by atoms with Gasteiger partial charge in [0.1, 0.15) is 5.76 Å². The zero-order valence-corrected chi connectivity index (χ0v) is 9.92. The second-order valence-corrected chi connectivity index (χ2v) is 4.10. The Kier molecular flexibility index (Phi) is 3.51. The molecular formula is C12H19N3O. The lowest BCUT2D eigenvalue weighted by atomic mass is 10.2. The summed E-state index contributed by atoms with van der Waals surface area (Å²) in [5.41, 5.74) is 1.21. The van der Waals surface area contributed by atoms with E-state index in [4.69, 9.17) is 4.74 Å². The smallest absolute Gasteiger partial charge is 0.198 e. The molecule has 0 aromatic rings. The average molecular weight is 221 g/mol. The number of hydrogen-bond donors (Lipinski definition) is 2. The molecule has 2 aliphatic heterocycles. The van der Waals surface area contributed by atoms with Gasteiger partial charge in [0.15, 0.2) is 5.88 Å². The highest BCUT2D eigenvalue weighted by molar-refractivity contribution is 5.29. The normalized spacial score (nSPS) is 19.6. The summed E-state index contributed by atoms with van der Waals surface area (Å²) in [6.45, 7) is 2.67. The van der Waals surface area contributed by atoms with Gasteiger partial charge in [0.25, 0.3) is 0 Å². The summed E-state index contributed by atoms with van der Waals surface area (Å²) < 4.78 is 5.88. The molecule has 2 heterocycles. The van der Waals surface area contributed by atoms with Crippen molar-refractivity contribution in [3.8, 4) is 0 Å². The third-order valence-electron chi connectivity index (χ3n) is 2.63. The standard InChI is InChI=1S/C12H19N3O/c1-13-7-5-11-9-15(2)8-10-4-3-6-14-12(10)16-11/h3-4,9,13-14H,5-8H2,1-2H3. The van der Waals surface area contributed by atoms with Crippen LogP contribution in [0.5, 0.6) is 0 Å². The minimum Gasteiger partial charge on any atom is -0.444 e. The van der Waals surface area contributed by atoms with Crippen LogP contribution in [0.1, 0.15) is 6.42 Å². The Morgan fingerprint density at radius 1 is 1.56 bits per heavy atom. The van der Waals surface area contributed by atoms with Crippen LogP contribution in [-0.2, 0) is 4.74 Å². The third kappa shape index (κ3) is 2.58. The molecule has 0 saturated carbocycles. The zero-order valence-electron chi connectivity index (χ0n) is 9.92. The van der Waals surface area contributed by atoms with Gasteiger partial charge in [-0.1, -0.05) is 12.2 Å². The Bertz CT molecular complexity index is 344. The number of likely N-dealkylation sites (N-methyl/N-ethyl adjacent to an activating group) is 1. The van der Waals surface area contributed by atoms with E-state index in [2.05, 4.69) is 40.9 Å². The van der Waals surface area contributed by atoms with Gasteiger partial charge in [-0.2, -0.15) is 0 Å². The molecule has 0 bridgehead atoms. The molecule has 0 spiro atoms. The summed E-state index contributed by atoms with van der Waals surface area (Å²) >= 11 is 0. The van der Waals surface area contributed by atoms with Crippen LogP contribution < -0.4 is 10.6 Å². The number of hydrogen-bond acceptors (Lipinski definition) is 4. The van der Waals surface area contributed by atoms with Gasteiger partial charge in [-0.05, 0) is 7.05 Å². The van der Waals surface area contributed by atoms with E-state index in [1.165, 1.54) is 5.57 Å². The second kappa shape index (κ2) is 5.07. The molecule has 0 radical (unpaired) electrons. The van der Waals surface area contributed by atoms with Gasteiger partial charge < -0.3 is 20.3 Å². The highest BCUT2D eigenvalue weighted by Gasteiger charge is 2.16. The van der Waals surface area contributed by atoms with Crippen LogP contribution in [0.2, 0.25) is 0 Å². The van der Waals surface area contributed by atoms with Crippen molar-refractivity contribution in [2.45, 2.75) is 6.42 Å². The van der Waals surface area contributed by atoms with Crippen LogP contribution in [0, 0.1) is 0 Å². The van der Waals surface area contributed by atoms with Gasteiger partial charge >= 0.3 is 0 Å². The Morgan fingerprint density at radius 2 is 2.44 bits per heavy atom. The van der Waals surface area contributed by atoms with Crippen LogP contribution >= 0.6 is 0 Å². The predicted octanol–water partition coefficient (Wildman–Crippen LogP) is 0.770. The van der Waals surface area contributed by atoms with Gasteiger partial charge in [0.05, 0.1) is 0 Å². The van der Waals surface area contributed by atoms with Crippen molar-refractivity contribution in [3.63, 3.8) is 0 Å². The van der Waals surface area contributed by atoms with E-state index in [1.807, 2.05) is 7.05 Å². The molecular weight excluding hydrogens is 202 g/mol. The number of ether oxygens (including phenoxy) is 1. The lowest BCUT2D eigenvalue weighted by Gasteiger charge is -2.17. The van der Waals surface area contributed by atoms with Crippen LogP contribution in [0.3, 0.4) is 0 Å². The molecule has 2 N–H and O–H groups in total. The first-order valence-corrected chi connectivity index (χ1v) is 5.66. The topological polar surface area (TPSA) is 36.5 Å². The summed E-state index contributed by atoms with van der Waals surface area (Å²) in [6, 6.07) is 0. The molecule has 16 heavy (non-hydrogen) atoms. The molecule has 4 heteroatoms. The molecule has 0 saturated heterocycles. The monoisotopic (exact) mass is 221 g/mol. The molecule has 0 aliphatic carbocycles. The zero-order chi connectivity index (χ0) is 11.4. The van der Waals surface area contributed by atoms with Crippen molar-refractivity contribution >= 4 is 0 Å². The molecule has 0 aromatic carbocycles. The van der Waals surface area contributed by atoms with Gasteiger partial charge in [0.2, 0.25) is 0 Å². The first-order chi connectivity index (χ1) is 7.79. The maximum Gasteiger partial charge on any atom is 0.198 e. The summed E-state index contributed by atoms with van der Waals surface area (Å²) in [5, 5.41) is 6.40. The maximum atomic E-state index is 5.88. The number of nitrogens with one attached hydrogen (secondary N) is 2. The molecule has 4 nitrogen and oxygen atoms in total. The van der Waals surface area contributed by atoms with Crippen LogP contribution in [0.25, 0.3) is 0 Å². The van der Waals surface area contributed by atoms with Crippen molar-refractivity contribution in [1.82, 2.24) is 15.5 Å². The second-order valence-electron chi connectivity index (χ2n) is 4.10. The van der Waals surface area contributed by atoms with E-state index in [0.717, 1.165) is 37.7 Å². The highest BCUT2D eigenvalue weighted by Crippen LogP contribution is 2.20. The van der Waals surface area contributed by atoms with Crippen molar-refractivity contribution in [3.05, 3.63) is 35.6 Å². The van der Waals surface area contributed by atoms with Gasteiger partial charge in [0, 0.05) is 44.9 Å². The van der Waals surface area contributed by atoms with Crippen LogP contribution in [0.4, 0.5) is 0 Å². The van der Waals surface area contributed by atoms with Crippen LogP contribution in [0.15, 0.2) is 35.6 Å². The van der Waals surface area contributed by atoms with Crippen molar-refractivity contribution < 1.29 is 4.74 Å². The molecule has 2 aliphatic rings. The molecule has 0 atom stereocenters. The van der Waals surface area contributed by atoms with E-state index >= 15 is 0 Å². The summed E-state index contributed by atoms with van der Waals surface area (Å²) in [6.07, 6.45) is 7.24. The number of dihydropyridines is 1. The largest absolute Gasteiger partial charge is 0.444 e. The quantitative estimate of drug-likeness (QED) is 0.738. The van der Waals surface area contributed by atoms with E-state index < -0.39 is 0 Å². The Hall–Kier alpha value is -1.42. The molecule has 2 rings (SSSR count). The van der Waals surface area contributed by atoms with Crippen molar-refractivity contribution in [2.24, 2.45) is 0 Å². The number of nitrogens with zero attached hydrogens (tertiary/aromatic N) is 1. The summed E-state index contributed by atoms with van der Waals surface area (Å²) in [4.78, 5) is 2.16. The third-order valence-corrected chi connectivity index (χ3v) is 2.63. The molecule has 0 aromatic heterocycles. The fraction of sp³-hybridized carbons (Fsp3) is 0.500. The van der Waals surface area contributed by atoms with Gasteiger partial charge in [-0.3, -0.25) is 0 Å². The minimum atomic E-state index is 0.849. The van der Waals surface area contributed by atoms with E-state index in [9.17, 15) is 0 Å². The summed E-state index contributed by atoms with van der Waals surface area (Å²) in [5.74, 6) is 1.92. The van der Waals surface area contributed by atoms with E-state index in [-0.39, 0.29) is 0 Å². The van der Waals surface area contributed by atoms with Crippen LogP contribution in [-0.4, -0.2) is 38.6 Å². The first-order valence-electron chi connectivity index (χ1n) is 5.66. The lowest BCUT2D eigenvalue weighted by molar-refractivity contribution is 0.260. The van der Waals surface area contributed by atoms with Crippen molar-refractivity contribution in [2.75, 3.05) is 33.7 Å². The average Bonchev–Trinajstić information content (AvgIpc) is 2.43. The molecule has 88 valence electrons. The molecule has 0 fully saturated rings. The summed E-state index contributed by atoms with van der Waals surface area (Å²) in [7, 11) is 4.02. The van der Waals surface area contributed by atoms with Crippen molar-refractivity contribution in [1.29, 1.82) is 0 Å². The van der Waals surface area contributed by atoms with Gasteiger partial charge in [-0.25, -0.2) is 0 Å². The molecule has 0 amide bonds. The first kappa shape index (κ1) is 11.1. The fourth-order valence-corrected chi connectivity index (χ4v) is 1.85. The predicted molar refractivity (Wildman–Crippen MR) is 64.5 cm³/mol. The van der Waals surface area contributed by atoms with E-state index in [0.29, 0.717) is 0 Å². The highest BCUT2D eigenvalue weighted by atomic mass is 16.5. The van der Waals surface area contributed by atoms with E-state index in [1.54, 1.807) is 0 Å². The lowest BCUT2D eigenvalue weighted by Crippen LogP contribution is -2.22. The maximum absolute atomic E-state index is 5.88.